The van der Waals surface area contributed by atoms with Crippen LogP contribution in [0.25, 0.3) is 0 Å². The van der Waals surface area contributed by atoms with Crippen molar-refractivity contribution in [2.75, 3.05) is 17.2 Å². The number of hydrogen-bond donors (Lipinski definition) is 3. The smallest absolute Gasteiger partial charge is 0.212 e. The average molecular weight is 609 g/mol. The third-order valence-corrected chi connectivity index (χ3v) is 9.75. The first-order valence-electron chi connectivity index (χ1n) is 15.4. The highest BCUT2D eigenvalue weighted by Crippen LogP contribution is 2.64. The van der Waals surface area contributed by atoms with Crippen molar-refractivity contribution in [1.29, 1.82) is 15.8 Å². The van der Waals surface area contributed by atoms with Gasteiger partial charge in [0.05, 0.1) is 52.0 Å². The van der Waals surface area contributed by atoms with Crippen LogP contribution >= 0.6 is 0 Å². The largest absolute Gasteiger partial charge is 0.451 e. The van der Waals surface area contributed by atoms with Crippen LogP contribution in [0, 0.1) is 51.7 Å². The third kappa shape index (κ3) is 5.15. The Bertz CT molecular complexity index is 1960. The number of ether oxygens (including phenoxy) is 3. The van der Waals surface area contributed by atoms with Crippen LogP contribution in [0.3, 0.4) is 0 Å². The molecule has 0 spiro atoms. The van der Waals surface area contributed by atoms with Gasteiger partial charge in [0.15, 0.2) is 28.7 Å². The van der Waals surface area contributed by atoms with Gasteiger partial charge in [-0.15, -0.1) is 0 Å². The van der Waals surface area contributed by atoms with Crippen molar-refractivity contribution in [3.8, 4) is 52.7 Å². The fraction of sp³-hybridized carbons (Fsp3) is 0.270. The number of benzene rings is 4. The fourth-order valence-corrected chi connectivity index (χ4v) is 8.15. The van der Waals surface area contributed by atoms with Gasteiger partial charge in [0.2, 0.25) is 5.75 Å². The summed E-state index contributed by atoms with van der Waals surface area (Å²) >= 11 is 0. The molecular weight excluding hydrogens is 576 g/mol. The maximum Gasteiger partial charge on any atom is 0.212 e. The Balaban J connectivity index is 1.43. The molecule has 4 aromatic rings. The number of rotatable bonds is 7. The van der Waals surface area contributed by atoms with Crippen LogP contribution in [0.2, 0.25) is 0 Å². The number of nitriles is 3. The average Bonchev–Trinajstić information content (AvgIpc) is 3.04. The topological polar surface area (TPSA) is 177 Å². The van der Waals surface area contributed by atoms with E-state index in [9.17, 15) is 15.8 Å². The van der Waals surface area contributed by atoms with Crippen molar-refractivity contribution in [2.24, 2.45) is 17.8 Å². The predicted octanol–water partition coefficient (Wildman–Crippen LogP) is 7.89. The van der Waals surface area contributed by atoms with Gasteiger partial charge in [-0.2, -0.15) is 15.8 Å². The molecule has 0 unspecified atom stereocenters. The highest BCUT2D eigenvalue weighted by Gasteiger charge is 2.53. The van der Waals surface area contributed by atoms with Crippen LogP contribution in [-0.4, -0.2) is 0 Å². The molecule has 228 valence electrons. The second-order valence-electron chi connectivity index (χ2n) is 12.9. The van der Waals surface area contributed by atoms with Crippen LogP contribution < -0.4 is 31.4 Å². The summed E-state index contributed by atoms with van der Waals surface area (Å²) in [6.07, 6.45) is 6.96. The molecule has 4 saturated carbocycles. The summed E-state index contributed by atoms with van der Waals surface area (Å²) in [6.45, 7) is 0. The van der Waals surface area contributed by atoms with E-state index in [-0.39, 0.29) is 22.5 Å². The van der Waals surface area contributed by atoms with Gasteiger partial charge in [0.1, 0.15) is 0 Å². The van der Waals surface area contributed by atoms with Gasteiger partial charge in [0, 0.05) is 5.56 Å². The highest BCUT2D eigenvalue weighted by atomic mass is 16.5. The van der Waals surface area contributed by atoms with Crippen LogP contribution in [0.5, 0.6) is 34.5 Å². The van der Waals surface area contributed by atoms with E-state index in [4.69, 9.17) is 31.4 Å². The van der Waals surface area contributed by atoms with Crippen LogP contribution in [-0.2, 0) is 5.41 Å². The zero-order valence-electron chi connectivity index (χ0n) is 25.1. The van der Waals surface area contributed by atoms with E-state index >= 15 is 0 Å². The minimum atomic E-state index is -0.119. The Labute approximate surface area is 267 Å². The molecule has 0 amide bonds. The Morgan fingerprint density at radius 2 is 0.913 bits per heavy atom. The summed E-state index contributed by atoms with van der Waals surface area (Å²) in [6, 6.07) is 24.8. The Morgan fingerprint density at radius 1 is 0.522 bits per heavy atom. The molecule has 46 heavy (non-hydrogen) atoms. The van der Waals surface area contributed by atoms with Gasteiger partial charge >= 0.3 is 0 Å². The van der Waals surface area contributed by atoms with Crippen molar-refractivity contribution < 1.29 is 14.2 Å². The second-order valence-corrected chi connectivity index (χ2v) is 12.9. The molecule has 8 rings (SSSR count). The van der Waals surface area contributed by atoms with Crippen molar-refractivity contribution >= 4 is 17.1 Å². The molecule has 4 aromatic carbocycles. The quantitative estimate of drug-likeness (QED) is 0.176. The van der Waals surface area contributed by atoms with Gasteiger partial charge in [-0.1, -0.05) is 6.07 Å². The van der Waals surface area contributed by atoms with E-state index in [1.807, 2.05) is 6.07 Å². The van der Waals surface area contributed by atoms with Crippen molar-refractivity contribution in [1.82, 2.24) is 0 Å². The van der Waals surface area contributed by atoms with E-state index in [1.54, 1.807) is 54.6 Å². The summed E-state index contributed by atoms with van der Waals surface area (Å²) in [7, 11) is 0. The fourth-order valence-electron chi connectivity index (χ4n) is 8.15. The Morgan fingerprint density at radius 3 is 1.33 bits per heavy atom. The zero-order valence-corrected chi connectivity index (χ0v) is 25.1. The number of anilines is 3. The minimum absolute atomic E-state index is 0.119. The van der Waals surface area contributed by atoms with Gasteiger partial charge in [-0.3, -0.25) is 0 Å². The molecule has 4 fully saturated rings. The van der Waals surface area contributed by atoms with Crippen LogP contribution in [0.1, 0.15) is 60.8 Å². The Hall–Kier alpha value is -5.85. The van der Waals surface area contributed by atoms with Gasteiger partial charge in [0.25, 0.3) is 0 Å². The molecule has 0 aromatic heterocycles. The zero-order chi connectivity index (χ0) is 32.0. The molecular formula is C37H32N6O3. The SMILES string of the molecule is N#Cc1ccc(Oc2ccc(C34CC5CC(CC(C5)C3)C4)c(Oc3ccc(C#N)cc3N)c2Oc2ccc(C#N)cc2N)c(N)c1. The van der Waals surface area contributed by atoms with E-state index in [0.717, 1.165) is 24.8 Å². The number of hydrogen-bond acceptors (Lipinski definition) is 9. The number of nitrogens with zero attached hydrogens (tertiary/aromatic N) is 3. The summed E-state index contributed by atoms with van der Waals surface area (Å²) in [5, 5.41) is 28.2. The number of nitrogens with two attached hydrogens (primary N) is 3. The van der Waals surface area contributed by atoms with E-state index < -0.39 is 0 Å². The monoisotopic (exact) mass is 608 g/mol. The first kappa shape index (κ1) is 28.9. The number of nitrogen functional groups attached to an aromatic ring is 3. The van der Waals surface area contributed by atoms with Crippen molar-refractivity contribution in [3.05, 3.63) is 89.0 Å². The summed E-state index contributed by atoms with van der Waals surface area (Å²) in [4.78, 5) is 0. The highest BCUT2D eigenvalue weighted by molar-refractivity contribution is 5.68. The van der Waals surface area contributed by atoms with Crippen molar-refractivity contribution in [3.63, 3.8) is 0 Å². The van der Waals surface area contributed by atoms with Crippen molar-refractivity contribution in [2.45, 2.75) is 43.9 Å². The van der Waals surface area contributed by atoms with E-state index in [2.05, 4.69) is 24.3 Å². The molecule has 0 saturated heterocycles. The lowest BCUT2D eigenvalue weighted by atomic mass is 9.48. The molecule has 0 heterocycles. The molecule has 0 atom stereocenters. The summed E-state index contributed by atoms with van der Waals surface area (Å²) in [5.74, 6) is 4.04. The van der Waals surface area contributed by atoms with Crippen LogP contribution in [0.4, 0.5) is 17.1 Å². The van der Waals surface area contributed by atoms with E-state index in [0.29, 0.717) is 68.9 Å². The molecule has 6 N–H and O–H groups in total. The predicted molar refractivity (Wildman–Crippen MR) is 173 cm³/mol. The van der Waals surface area contributed by atoms with E-state index in [1.165, 1.54) is 19.3 Å². The lowest BCUT2D eigenvalue weighted by Gasteiger charge is -2.57. The maximum atomic E-state index is 9.44. The molecule has 0 aliphatic heterocycles. The van der Waals surface area contributed by atoms with Gasteiger partial charge < -0.3 is 31.4 Å². The molecule has 4 aliphatic rings. The third-order valence-electron chi connectivity index (χ3n) is 9.75. The van der Waals surface area contributed by atoms with Gasteiger partial charge in [-0.05, 0) is 122 Å². The second kappa shape index (κ2) is 11.3. The molecule has 4 aliphatic carbocycles. The maximum absolute atomic E-state index is 9.44. The minimum Gasteiger partial charge on any atom is -0.451 e. The first-order chi connectivity index (χ1) is 22.3. The normalized spacial score (nSPS) is 22.3. The Kier molecular flexibility index (Phi) is 7.07. The molecule has 9 nitrogen and oxygen atoms in total. The standard InChI is InChI=1S/C37H32N6O3/c38-18-21-1-5-31(28(41)12-21)44-34-8-4-27(37-15-24-9-25(16-37)11-26(10-24)17-37)35(45-32-6-2-22(19-39)13-29(32)42)36(34)46-33-7-3-23(20-40)14-30(33)43/h1-8,12-14,24-26H,9-11,15-17,41-43H2. The summed E-state index contributed by atoms with van der Waals surface area (Å²) in [5.41, 5.74) is 22.1. The van der Waals surface area contributed by atoms with Crippen LogP contribution in [0.15, 0.2) is 66.7 Å². The lowest BCUT2D eigenvalue weighted by Crippen LogP contribution is -2.48. The first-order valence-corrected chi connectivity index (χ1v) is 15.4. The lowest BCUT2D eigenvalue weighted by molar-refractivity contribution is -0.00610. The summed E-state index contributed by atoms with van der Waals surface area (Å²) < 4.78 is 19.8. The van der Waals surface area contributed by atoms with Gasteiger partial charge in [-0.25, -0.2) is 0 Å². The molecule has 9 heteroatoms. The molecule has 0 radical (unpaired) electrons. The molecule has 4 bridgehead atoms.